The van der Waals surface area contributed by atoms with Crippen molar-refractivity contribution in [3.63, 3.8) is 0 Å². The first-order valence-electron chi connectivity index (χ1n) is 17.2. The Hall–Kier alpha value is -5.31. The first kappa shape index (κ1) is 40.5. The van der Waals surface area contributed by atoms with E-state index in [1.807, 2.05) is 48.5 Å². The number of carboxylic acid groups (broad SMARTS) is 4. The average molecular weight is 749 g/mol. The number of hydrogen-bond donors (Lipinski definition) is 4. The molecule has 2 saturated heterocycles. The van der Waals surface area contributed by atoms with Gasteiger partial charge in [-0.1, -0.05) is 18.2 Å². The number of ketones is 1. The molecule has 2 aliphatic rings. The SMILES string of the molecule is CC(C)(COc1ccc(C(=O)c2c(-c3ccc(OCCN4CCCC4)cc3)sc3ccccc23)cc1)N1CCCC1.O=C(O)C(=O)O.O=C(O)C(=O)O. The van der Waals surface area contributed by atoms with Crippen LogP contribution in [0.4, 0.5) is 0 Å². The number of ether oxygens (including phenoxy) is 2. The number of hydrogen-bond acceptors (Lipinski definition) is 10. The van der Waals surface area contributed by atoms with E-state index in [2.05, 4.69) is 47.9 Å². The van der Waals surface area contributed by atoms with Gasteiger partial charge < -0.3 is 29.9 Å². The van der Waals surface area contributed by atoms with Crippen LogP contribution in [0.1, 0.15) is 55.5 Å². The third kappa shape index (κ3) is 11.6. The van der Waals surface area contributed by atoms with E-state index in [1.165, 1.54) is 38.8 Å². The van der Waals surface area contributed by atoms with Crippen molar-refractivity contribution in [3.8, 4) is 21.9 Å². The summed E-state index contributed by atoms with van der Waals surface area (Å²) in [5.74, 6) is -5.60. The molecule has 6 rings (SSSR count). The van der Waals surface area contributed by atoms with Crippen LogP contribution in [0.5, 0.6) is 11.5 Å². The van der Waals surface area contributed by atoms with Crippen molar-refractivity contribution < 1.29 is 53.9 Å². The molecule has 0 radical (unpaired) electrons. The third-order valence-corrected chi connectivity index (χ3v) is 10.1. The molecular formula is C39H44N2O11S. The van der Waals surface area contributed by atoms with Crippen molar-refractivity contribution >= 4 is 51.1 Å². The number of likely N-dealkylation sites (tertiary alicyclic amines) is 2. The second kappa shape index (κ2) is 19.0. The first-order chi connectivity index (χ1) is 25.3. The summed E-state index contributed by atoms with van der Waals surface area (Å²) in [6.07, 6.45) is 5.10. The van der Waals surface area contributed by atoms with Crippen LogP contribution in [0.25, 0.3) is 20.5 Å². The Balaban J connectivity index is 0.000000453. The molecule has 0 aliphatic carbocycles. The molecule has 4 N–H and O–H groups in total. The van der Waals surface area contributed by atoms with Crippen molar-refractivity contribution in [2.75, 3.05) is 45.9 Å². The van der Waals surface area contributed by atoms with Gasteiger partial charge in [-0.2, -0.15) is 0 Å². The maximum Gasteiger partial charge on any atom is 0.414 e. The molecule has 2 fully saturated rings. The van der Waals surface area contributed by atoms with E-state index < -0.39 is 23.9 Å². The van der Waals surface area contributed by atoms with Crippen LogP contribution in [0.2, 0.25) is 0 Å². The standard InChI is InChI=1S/C35H40N2O3S.2C2H2O4/c1-35(2,37-21-7-8-22-37)25-40-29-15-11-26(12-16-29)33(38)32-30-9-3-4-10-31(30)41-34(32)27-13-17-28(18-14-27)39-24-23-36-19-5-6-20-36;2*3-1(4)2(5)6/h3-4,9-18H,5-8,19-25H2,1-2H3;2*(H,3,4)(H,5,6). The zero-order chi connectivity index (χ0) is 38.5. The van der Waals surface area contributed by atoms with Crippen molar-refractivity contribution in [1.82, 2.24) is 9.80 Å². The molecule has 13 nitrogen and oxygen atoms in total. The van der Waals surface area contributed by atoms with Crippen LogP contribution in [0.3, 0.4) is 0 Å². The van der Waals surface area contributed by atoms with Crippen LogP contribution >= 0.6 is 11.3 Å². The number of benzene rings is 3. The quantitative estimate of drug-likeness (QED) is 0.106. The molecule has 282 valence electrons. The van der Waals surface area contributed by atoms with Crippen LogP contribution in [-0.4, -0.2) is 111 Å². The molecule has 2 aliphatic heterocycles. The summed E-state index contributed by atoms with van der Waals surface area (Å²) < 4.78 is 13.3. The lowest BCUT2D eigenvalue weighted by Gasteiger charge is -2.35. The van der Waals surface area contributed by atoms with Gasteiger partial charge in [-0.3, -0.25) is 14.6 Å². The number of aliphatic carboxylic acids is 4. The number of nitrogens with zero attached hydrogens (tertiary/aromatic N) is 2. The van der Waals surface area contributed by atoms with Crippen molar-refractivity contribution in [2.45, 2.75) is 45.1 Å². The second-order valence-electron chi connectivity index (χ2n) is 13.1. The van der Waals surface area contributed by atoms with Crippen LogP contribution in [-0.2, 0) is 19.2 Å². The lowest BCUT2D eigenvalue weighted by molar-refractivity contribution is -0.159. The van der Waals surface area contributed by atoms with Crippen LogP contribution < -0.4 is 9.47 Å². The van der Waals surface area contributed by atoms with E-state index in [-0.39, 0.29) is 11.3 Å². The number of rotatable bonds is 11. The second-order valence-corrected chi connectivity index (χ2v) is 14.1. The third-order valence-electron chi connectivity index (χ3n) is 8.85. The maximum absolute atomic E-state index is 14.0. The molecule has 0 saturated carbocycles. The summed E-state index contributed by atoms with van der Waals surface area (Å²) in [4.78, 5) is 56.3. The predicted octanol–water partition coefficient (Wildman–Crippen LogP) is 5.84. The number of carbonyl (C=O) groups is 5. The van der Waals surface area contributed by atoms with E-state index in [0.717, 1.165) is 57.2 Å². The van der Waals surface area contributed by atoms with Crippen LogP contribution in [0.15, 0.2) is 72.8 Å². The van der Waals surface area contributed by atoms with Gasteiger partial charge in [0.2, 0.25) is 0 Å². The van der Waals surface area contributed by atoms with E-state index in [0.29, 0.717) is 18.8 Å². The summed E-state index contributed by atoms with van der Waals surface area (Å²) in [6.45, 7) is 11.4. The Labute approximate surface area is 311 Å². The highest BCUT2D eigenvalue weighted by Gasteiger charge is 2.30. The highest BCUT2D eigenvalue weighted by molar-refractivity contribution is 7.22. The van der Waals surface area contributed by atoms with Gasteiger partial charge in [0.15, 0.2) is 5.78 Å². The van der Waals surface area contributed by atoms with E-state index in [1.54, 1.807) is 11.3 Å². The molecule has 1 aromatic heterocycles. The summed E-state index contributed by atoms with van der Waals surface area (Å²) >= 11 is 1.67. The first-order valence-corrected chi connectivity index (χ1v) is 18.0. The van der Waals surface area contributed by atoms with Gasteiger partial charge in [0.1, 0.15) is 24.7 Å². The van der Waals surface area contributed by atoms with Gasteiger partial charge in [0.25, 0.3) is 0 Å². The number of carboxylic acids is 4. The number of thiophene rings is 1. The van der Waals surface area contributed by atoms with Gasteiger partial charge in [-0.25, -0.2) is 19.2 Å². The Kier molecular flexibility index (Phi) is 14.5. The largest absolute Gasteiger partial charge is 0.492 e. The predicted molar refractivity (Wildman–Crippen MR) is 199 cm³/mol. The summed E-state index contributed by atoms with van der Waals surface area (Å²) in [5.41, 5.74) is 2.45. The fourth-order valence-corrected chi connectivity index (χ4v) is 7.20. The summed E-state index contributed by atoms with van der Waals surface area (Å²) in [6, 6.07) is 24.0. The molecule has 0 bridgehead atoms. The Bertz CT molecular complexity index is 1830. The van der Waals surface area contributed by atoms with Gasteiger partial charge in [0.05, 0.1) is 0 Å². The minimum atomic E-state index is -1.82. The van der Waals surface area contributed by atoms with E-state index >= 15 is 0 Å². The lowest BCUT2D eigenvalue weighted by Crippen LogP contribution is -2.46. The van der Waals surface area contributed by atoms with Gasteiger partial charge in [-0.05, 0) is 126 Å². The minimum absolute atomic E-state index is 0.00996. The topological polar surface area (TPSA) is 191 Å². The molecule has 0 atom stereocenters. The Morgan fingerprint density at radius 2 is 1.19 bits per heavy atom. The fourth-order valence-electron chi connectivity index (χ4n) is 6.00. The van der Waals surface area contributed by atoms with Crippen molar-refractivity contribution in [2.24, 2.45) is 0 Å². The fraction of sp³-hybridized carbons (Fsp3) is 0.359. The molecular weight excluding hydrogens is 704 g/mol. The smallest absolute Gasteiger partial charge is 0.414 e. The van der Waals surface area contributed by atoms with Crippen LogP contribution in [0, 0.1) is 0 Å². The zero-order valence-corrected chi connectivity index (χ0v) is 30.5. The highest BCUT2D eigenvalue weighted by Crippen LogP contribution is 2.40. The summed E-state index contributed by atoms with van der Waals surface area (Å²) in [7, 11) is 0. The molecule has 4 aromatic rings. The monoisotopic (exact) mass is 748 g/mol. The number of carbonyl (C=O) groups excluding carboxylic acids is 1. The maximum atomic E-state index is 14.0. The molecule has 0 spiro atoms. The van der Waals surface area contributed by atoms with E-state index in [9.17, 15) is 4.79 Å². The molecule has 53 heavy (non-hydrogen) atoms. The zero-order valence-electron chi connectivity index (χ0n) is 29.7. The molecule has 0 amide bonds. The lowest BCUT2D eigenvalue weighted by atomic mass is 9.97. The Morgan fingerprint density at radius 1 is 0.679 bits per heavy atom. The van der Waals surface area contributed by atoms with Crippen molar-refractivity contribution in [1.29, 1.82) is 0 Å². The Morgan fingerprint density at radius 3 is 1.75 bits per heavy atom. The normalized spacial score (nSPS) is 14.4. The summed E-state index contributed by atoms with van der Waals surface area (Å²) in [5, 5.41) is 30.6. The van der Waals surface area contributed by atoms with Gasteiger partial charge in [-0.15, -0.1) is 11.3 Å². The average Bonchev–Trinajstić information content (AvgIpc) is 3.94. The minimum Gasteiger partial charge on any atom is -0.492 e. The van der Waals surface area contributed by atoms with Gasteiger partial charge in [0, 0.05) is 38.2 Å². The highest BCUT2D eigenvalue weighted by atomic mass is 32.1. The van der Waals surface area contributed by atoms with Crippen molar-refractivity contribution in [3.05, 3.63) is 83.9 Å². The van der Waals surface area contributed by atoms with E-state index in [4.69, 9.17) is 49.1 Å². The molecule has 14 heteroatoms. The molecule has 3 heterocycles. The van der Waals surface area contributed by atoms with Gasteiger partial charge >= 0.3 is 23.9 Å². The molecule has 0 unspecified atom stereocenters. The number of fused-ring (bicyclic) bond motifs is 1. The molecule has 3 aromatic carbocycles.